The SMILES string of the molecule is CC(=O)Nc1cc(NCc2cncn2C(C)C)ccc1C. The Hall–Kier alpha value is -2.30. The third kappa shape index (κ3) is 3.84. The Morgan fingerprint density at radius 3 is 2.81 bits per heavy atom. The number of nitrogens with zero attached hydrogens (tertiary/aromatic N) is 2. The highest BCUT2D eigenvalue weighted by Gasteiger charge is 2.06. The average molecular weight is 286 g/mol. The smallest absolute Gasteiger partial charge is 0.221 e. The van der Waals surface area contributed by atoms with E-state index in [-0.39, 0.29) is 5.91 Å². The molecule has 112 valence electrons. The van der Waals surface area contributed by atoms with Crippen LogP contribution in [0.25, 0.3) is 0 Å². The minimum Gasteiger partial charge on any atom is -0.379 e. The highest BCUT2D eigenvalue weighted by atomic mass is 16.1. The van der Waals surface area contributed by atoms with Gasteiger partial charge in [-0.25, -0.2) is 4.98 Å². The molecule has 0 aliphatic rings. The first-order valence-corrected chi connectivity index (χ1v) is 7.10. The summed E-state index contributed by atoms with van der Waals surface area (Å²) in [6.07, 6.45) is 3.72. The fraction of sp³-hybridized carbons (Fsp3) is 0.375. The molecule has 1 heterocycles. The van der Waals surface area contributed by atoms with Crippen LogP contribution in [0.5, 0.6) is 0 Å². The van der Waals surface area contributed by atoms with Gasteiger partial charge < -0.3 is 15.2 Å². The van der Waals surface area contributed by atoms with E-state index in [2.05, 4.69) is 34.0 Å². The number of anilines is 2. The molecule has 0 saturated heterocycles. The van der Waals surface area contributed by atoms with Gasteiger partial charge in [0.05, 0.1) is 18.6 Å². The van der Waals surface area contributed by atoms with Crippen molar-refractivity contribution in [1.82, 2.24) is 9.55 Å². The summed E-state index contributed by atoms with van der Waals surface area (Å²) in [5, 5.41) is 6.21. The van der Waals surface area contributed by atoms with Crippen LogP contribution in [0.1, 0.15) is 38.1 Å². The zero-order chi connectivity index (χ0) is 15.4. The number of hydrogen-bond acceptors (Lipinski definition) is 3. The third-order valence-corrected chi connectivity index (χ3v) is 3.32. The van der Waals surface area contributed by atoms with Crippen molar-refractivity contribution in [1.29, 1.82) is 0 Å². The number of benzene rings is 1. The molecule has 1 amide bonds. The highest BCUT2D eigenvalue weighted by Crippen LogP contribution is 2.21. The molecule has 5 nitrogen and oxygen atoms in total. The van der Waals surface area contributed by atoms with Crippen LogP contribution in [0, 0.1) is 6.92 Å². The summed E-state index contributed by atoms with van der Waals surface area (Å²) in [7, 11) is 0. The lowest BCUT2D eigenvalue weighted by Gasteiger charge is -2.14. The summed E-state index contributed by atoms with van der Waals surface area (Å²) >= 11 is 0. The van der Waals surface area contributed by atoms with Crippen LogP contribution in [0.4, 0.5) is 11.4 Å². The molecule has 0 bridgehead atoms. The van der Waals surface area contributed by atoms with Gasteiger partial charge in [0.1, 0.15) is 0 Å². The molecular weight excluding hydrogens is 264 g/mol. The van der Waals surface area contributed by atoms with Crippen molar-refractivity contribution in [3.8, 4) is 0 Å². The Morgan fingerprint density at radius 2 is 2.14 bits per heavy atom. The Morgan fingerprint density at radius 1 is 1.38 bits per heavy atom. The summed E-state index contributed by atoms with van der Waals surface area (Å²) in [6, 6.07) is 6.34. The van der Waals surface area contributed by atoms with Gasteiger partial charge in [-0.2, -0.15) is 0 Å². The van der Waals surface area contributed by atoms with Gasteiger partial charge in [-0.3, -0.25) is 4.79 Å². The highest BCUT2D eigenvalue weighted by molar-refractivity contribution is 5.90. The van der Waals surface area contributed by atoms with Gasteiger partial charge in [-0.1, -0.05) is 6.07 Å². The van der Waals surface area contributed by atoms with Gasteiger partial charge >= 0.3 is 0 Å². The van der Waals surface area contributed by atoms with Crippen LogP contribution in [0.15, 0.2) is 30.7 Å². The number of imidazole rings is 1. The minimum atomic E-state index is -0.0619. The van der Waals surface area contributed by atoms with Gasteiger partial charge in [0.25, 0.3) is 0 Å². The number of nitrogens with one attached hydrogen (secondary N) is 2. The predicted octanol–water partition coefficient (Wildman–Crippen LogP) is 3.34. The van der Waals surface area contributed by atoms with Crippen molar-refractivity contribution in [3.63, 3.8) is 0 Å². The van der Waals surface area contributed by atoms with Crippen LogP contribution >= 0.6 is 0 Å². The second-order valence-corrected chi connectivity index (χ2v) is 5.45. The molecule has 0 unspecified atom stereocenters. The molecule has 2 N–H and O–H groups in total. The van der Waals surface area contributed by atoms with Crippen LogP contribution < -0.4 is 10.6 Å². The zero-order valence-electron chi connectivity index (χ0n) is 13.0. The number of aryl methyl sites for hydroxylation is 1. The minimum absolute atomic E-state index is 0.0619. The summed E-state index contributed by atoms with van der Waals surface area (Å²) < 4.78 is 2.13. The quantitative estimate of drug-likeness (QED) is 0.886. The largest absolute Gasteiger partial charge is 0.379 e. The standard InChI is InChI=1S/C16H22N4O/c1-11(2)20-10-17-8-15(20)9-18-14-6-5-12(3)16(7-14)19-13(4)21/h5-8,10-11,18H,9H2,1-4H3,(H,19,21). The average Bonchev–Trinajstić information content (AvgIpc) is 2.87. The van der Waals surface area contributed by atoms with Crippen LogP contribution in [-0.2, 0) is 11.3 Å². The second kappa shape index (κ2) is 6.43. The van der Waals surface area contributed by atoms with E-state index in [4.69, 9.17) is 0 Å². The van der Waals surface area contributed by atoms with Crippen molar-refractivity contribution in [2.45, 2.75) is 40.3 Å². The summed E-state index contributed by atoms with van der Waals surface area (Å²) in [4.78, 5) is 15.4. The topological polar surface area (TPSA) is 59.0 Å². The predicted molar refractivity (Wildman–Crippen MR) is 85.4 cm³/mol. The lowest BCUT2D eigenvalue weighted by molar-refractivity contribution is -0.114. The molecule has 0 spiro atoms. The molecule has 1 aromatic carbocycles. The van der Waals surface area contributed by atoms with Gasteiger partial charge in [-0.15, -0.1) is 0 Å². The molecule has 21 heavy (non-hydrogen) atoms. The van der Waals surface area contributed by atoms with E-state index in [1.165, 1.54) is 6.92 Å². The Balaban J connectivity index is 2.09. The maximum atomic E-state index is 11.2. The van der Waals surface area contributed by atoms with Crippen LogP contribution in [0.3, 0.4) is 0 Å². The second-order valence-electron chi connectivity index (χ2n) is 5.45. The first-order chi connectivity index (χ1) is 9.97. The first kappa shape index (κ1) is 15.1. The Kier molecular flexibility index (Phi) is 4.62. The van der Waals surface area contributed by atoms with Crippen molar-refractivity contribution >= 4 is 17.3 Å². The normalized spacial score (nSPS) is 10.7. The summed E-state index contributed by atoms with van der Waals surface area (Å²) in [6.45, 7) is 8.45. The lowest BCUT2D eigenvalue weighted by atomic mass is 10.1. The summed E-state index contributed by atoms with van der Waals surface area (Å²) in [5.74, 6) is -0.0619. The van der Waals surface area contributed by atoms with Gasteiger partial charge in [0.15, 0.2) is 0 Å². The molecule has 0 fully saturated rings. The number of carbonyl (C=O) groups excluding carboxylic acids is 1. The third-order valence-electron chi connectivity index (χ3n) is 3.32. The van der Waals surface area contributed by atoms with Crippen LogP contribution in [0.2, 0.25) is 0 Å². The van der Waals surface area contributed by atoms with E-state index in [0.717, 1.165) is 22.6 Å². The molecule has 0 aliphatic carbocycles. The van der Waals surface area contributed by atoms with Crippen molar-refractivity contribution in [2.24, 2.45) is 0 Å². The van der Waals surface area contributed by atoms with Gasteiger partial charge in [0.2, 0.25) is 5.91 Å². The summed E-state index contributed by atoms with van der Waals surface area (Å²) in [5.41, 5.74) is 3.99. The molecule has 5 heteroatoms. The van der Waals surface area contributed by atoms with E-state index in [1.807, 2.05) is 37.6 Å². The van der Waals surface area contributed by atoms with E-state index >= 15 is 0 Å². The molecule has 0 radical (unpaired) electrons. The number of carbonyl (C=O) groups is 1. The first-order valence-electron chi connectivity index (χ1n) is 7.10. The van der Waals surface area contributed by atoms with Gasteiger partial charge in [-0.05, 0) is 38.5 Å². The maximum absolute atomic E-state index is 11.2. The van der Waals surface area contributed by atoms with E-state index < -0.39 is 0 Å². The number of aromatic nitrogens is 2. The van der Waals surface area contributed by atoms with Crippen LogP contribution in [-0.4, -0.2) is 15.5 Å². The number of amides is 1. The molecule has 0 aliphatic heterocycles. The number of rotatable bonds is 5. The maximum Gasteiger partial charge on any atom is 0.221 e. The molecule has 0 saturated carbocycles. The molecule has 2 aromatic rings. The van der Waals surface area contributed by atoms with E-state index in [0.29, 0.717) is 12.6 Å². The molecule has 2 rings (SSSR count). The Bertz CT molecular complexity index is 631. The fourth-order valence-corrected chi connectivity index (χ4v) is 2.18. The fourth-order valence-electron chi connectivity index (χ4n) is 2.18. The Labute approximate surface area is 125 Å². The molecule has 0 atom stereocenters. The van der Waals surface area contributed by atoms with Crippen molar-refractivity contribution in [3.05, 3.63) is 42.0 Å². The van der Waals surface area contributed by atoms with E-state index in [1.54, 1.807) is 0 Å². The van der Waals surface area contributed by atoms with Crippen molar-refractivity contribution in [2.75, 3.05) is 10.6 Å². The molecular formula is C16H22N4O. The van der Waals surface area contributed by atoms with Gasteiger partial charge in [0, 0.05) is 30.5 Å². The van der Waals surface area contributed by atoms with Crippen molar-refractivity contribution < 1.29 is 4.79 Å². The monoisotopic (exact) mass is 286 g/mol. The lowest BCUT2D eigenvalue weighted by Crippen LogP contribution is -2.10. The number of hydrogen-bond donors (Lipinski definition) is 2. The van der Waals surface area contributed by atoms with E-state index in [9.17, 15) is 4.79 Å². The zero-order valence-corrected chi connectivity index (χ0v) is 13.0. The molecule has 1 aromatic heterocycles.